The van der Waals surface area contributed by atoms with E-state index in [4.69, 9.17) is 37.4 Å². The summed E-state index contributed by atoms with van der Waals surface area (Å²) < 4.78 is 18.3. The third-order valence-corrected chi connectivity index (χ3v) is 11.4. The van der Waals surface area contributed by atoms with Crippen LogP contribution in [0.5, 0.6) is 5.75 Å². The number of epoxide rings is 1. The van der Waals surface area contributed by atoms with Gasteiger partial charge in [0.2, 0.25) is 12.2 Å². The Balaban J connectivity index is 0.822. The maximum Gasteiger partial charge on any atom is 0.229 e. The minimum Gasteiger partial charge on any atom is -0.494 e. The lowest BCUT2D eigenvalue weighted by molar-refractivity contribution is -0.120. The van der Waals surface area contributed by atoms with Gasteiger partial charge in [0.15, 0.2) is 6.23 Å². The second kappa shape index (κ2) is 15.6. The molecule has 256 valence electrons. The fourth-order valence-corrected chi connectivity index (χ4v) is 8.15. The number of fused-ring (bicyclic) bond motifs is 1. The zero-order valence-corrected chi connectivity index (χ0v) is 29.0. The van der Waals surface area contributed by atoms with E-state index in [-0.39, 0.29) is 25.2 Å². The predicted molar refractivity (Wildman–Crippen MR) is 187 cm³/mol. The Kier molecular flexibility index (Phi) is 11.1. The molecule has 2 aromatic carbocycles. The zero-order valence-electron chi connectivity index (χ0n) is 27.5. The third kappa shape index (κ3) is 8.20. The van der Waals surface area contributed by atoms with Crippen molar-refractivity contribution in [3.05, 3.63) is 52.0 Å². The highest BCUT2D eigenvalue weighted by Gasteiger charge is 2.46. The molecule has 0 spiro atoms. The Bertz CT molecular complexity index is 1360. The van der Waals surface area contributed by atoms with Gasteiger partial charge in [-0.3, -0.25) is 19.5 Å². The van der Waals surface area contributed by atoms with E-state index in [0.717, 1.165) is 87.8 Å². The lowest BCUT2D eigenvalue weighted by Gasteiger charge is -2.39. The second-order valence-corrected chi connectivity index (χ2v) is 14.4. The molecular weight excluding hydrogens is 637 g/mol. The number of nitrogens with zero attached hydrogens (tertiary/aromatic N) is 5. The molecule has 0 aromatic heterocycles. The molecule has 5 aliphatic heterocycles. The molecule has 4 fully saturated rings. The molecule has 5 aliphatic rings. The Morgan fingerprint density at radius 2 is 1.64 bits per heavy atom. The Morgan fingerprint density at radius 1 is 0.830 bits per heavy atom. The number of piperidine rings is 2. The van der Waals surface area contributed by atoms with Gasteiger partial charge in [0.05, 0.1) is 28.0 Å². The van der Waals surface area contributed by atoms with E-state index in [1.165, 1.54) is 45.2 Å². The molecule has 0 aliphatic carbocycles. The molecule has 2 atom stereocenters. The molecule has 0 bridgehead atoms. The van der Waals surface area contributed by atoms with Gasteiger partial charge in [-0.25, -0.2) is 0 Å². The minimum atomic E-state index is -0.267. The summed E-state index contributed by atoms with van der Waals surface area (Å²) in [5, 5.41) is 1.25. The highest BCUT2D eigenvalue weighted by molar-refractivity contribution is 6.43. The molecule has 47 heavy (non-hydrogen) atoms. The Morgan fingerprint density at radius 3 is 2.45 bits per heavy atom. The van der Waals surface area contributed by atoms with Gasteiger partial charge in [0.25, 0.3) is 0 Å². The minimum absolute atomic E-state index is 0.0108. The molecule has 0 N–H and O–H groups in total. The van der Waals surface area contributed by atoms with Gasteiger partial charge in [0.1, 0.15) is 12.5 Å². The van der Waals surface area contributed by atoms with Gasteiger partial charge in [-0.2, -0.15) is 0 Å². The summed E-state index contributed by atoms with van der Waals surface area (Å²) >= 11 is 12.7. The molecule has 4 saturated heterocycles. The molecule has 9 nitrogen and oxygen atoms in total. The van der Waals surface area contributed by atoms with Crippen molar-refractivity contribution in [2.24, 2.45) is 0 Å². The first kappa shape index (κ1) is 33.4. The van der Waals surface area contributed by atoms with Crippen LogP contribution in [-0.4, -0.2) is 111 Å². The van der Waals surface area contributed by atoms with Crippen molar-refractivity contribution in [3.8, 4) is 5.75 Å². The van der Waals surface area contributed by atoms with Crippen LogP contribution >= 0.6 is 23.2 Å². The first-order chi connectivity index (χ1) is 23.0. The third-order valence-electron chi connectivity index (χ3n) is 10.6. The fraction of sp³-hybridized carbons (Fsp3) is 0.639. The number of hydrogen-bond acceptors (Lipinski definition) is 8. The smallest absolute Gasteiger partial charge is 0.229 e. The van der Waals surface area contributed by atoms with Crippen molar-refractivity contribution >= 4 is 40.5 Å². The van der Waals surface area contributed by atoms with E-state index in [2.05, 4.69) is 25.7 Å². The number of amides is 1. The number of halogens is 2. The largest absolute Gasteiger partial charge is 0.494 e. The molecule has 7 rings (SSSR count). The lowest BCUT2D eigenvalue weighted by atomic mass is 10.00. The molecule has 5 heterocycles. The van der Waals surface area contributed by atoms with Crippen molar-refractivity contribution in [2.75, 3.05) is 82.0 Å². The number of carbonyl (C=O) groups excluding carboxylic acids is 1. The van der Waals surface area contributed by atoms with E-state index in [9.17, 15) is 4.79 Å². The van der Waals surface area contributed by atoms with Crippen molar-refractivity contribution in [2.45, 2.75) is 76.3 Å². The van der Waals surface area contributed by atoms with Crippen LogP contribution in [0.3, 0.4) is 0 Å². The van der Waals surface area contributed by atoms with E-state index in [1.807, 2.05) is 30.3 Å². The number of piperazine rings is 1. The van der Waals surface area contributed by atoms with Crippen molar-refractivity contribution in [3.63, 3.8) is 0 Å². The normalized spacial score (nSPS) is 24.9. The number of ether oxygens (including phenoxy) is 3. The number of likely N-dealkylation sites (tertiary alicyclic amines) is 2. The summed E-state index contributed by atoms with van der Waals surface area (Å²) in [7, 11) is 0. The first-order valence-electron chi connectivity index (χ1n) is 17.8. The van der Waals surface area contributed by atoms with Crippen LogP contribution < -0.4 is 14.5 Å². The number of rotatable bonds is 12. The van der Waals surface area contributed by atoms with E-state index >= 15 is 0 Å². The van der Waals surface area contributed by atoms with E-state index < -0.39 is 0 Å². The van der Waals surface area contributed by atoms with Crippen molar-refractivity contribution < 1.29 is 19.0 Å². The number of anilines is 2. The summed E-state index contributed by atoms with van der Waals surface area (Å²) in [5.74, 6) is 0.888. The fourth-order valence-electron chi connectivity index (χ4n) is 7.73. The number of hydrogen-bond donors (Lipinski definition) is 0. The summed E-state index contributed by atoms with van der Waals surface area (Å²) in [4.78, 5) is 24.7. The highest BCUT2D eigenvalue weighted by atomic mass is 35.5. The van der Waals surface area contributed by atoms with Crippen LogP contribution in [0, 0.1) is 0 Å². The van der Waals surface area contributed by atoms with Crippen molar-refractivity contribution in [1.29, 1.82) is 0 Å². The summed E-state index contributed by atoms with van der Waals surface area (Å²) in [6, 6.07) is 12.7. The molecule has 0 saturated carbocycles. The van der Waals surface area contributed by atoms with Gasteiger partial charge in [-0.1, -0.05) is 41.8 Å². The van der Waals surface area contributed by atoms with Crippen LogP contribution in [0.4, 0.5) is 11.4 Å². The average molecular weight is 687 g/mol. The quantitative estimate of drug-likeness (QED) is 0.203. The molecule has 1 amide bonds. The topological polar surface area (TPSA) is 64.3 Å². The average Bonchev–Trinajstić information content (AvgIpc) is 3.89. The zero-order chi connectivity index (χ0) is 32.2. The monoisotopic (exact) mass is 685 g/mol. The first-order valence-corrected chi connectivity index (χ1v) is 18.5. The maximum atomic E-state index is 13.0. The molecule has 2 aromatic rings. The van der Waals surface area contributed by atoms with Crippen LogP contribution in [0.2, 0.25) is 10.0 Å². The molecule has 11 heteroatoms. The van der Waals surface area contributed by atoms with Gasteiger partial charge in [-0.15, -0.1) is 0 Å². The van der Waals surface area contributed by atoms with Crippen LogP contribution in [0.25, 0.3) is 0 Å². The number of carbonyl (C=O) groups is 1. The van der Waals surface area contributed by atoms with Crippen LogP contribution in [0.15, 0.2) is 36.4 Å². The summed E-state index contributed by atoms with van der Waals surface area (Å²) in [6.45, 7) is 10.4. The van der Waals surface area contributed by atoms with Gasteiger partial charge < -0.3 is 24.0 Å². The van der Waals surface area contributed by atoms with E-state index in [0.29, 0.717) is 29.1 Å². The maximum absolute atomic E-state index is 13.0. The van der Waals surface area contributed by atoms with Gasteiger partial charge >= 0.3 is 0 Å². The Labute approximate surface area is 289 Å². The highest BCUT2D eigenvalue weighted by Crippen LogP contribution is 2.35. The molecule has 2 unspecified atom stereocenters. The summed E-state index contributed by atoms with van der Waals surface area (Å²) in [6.07, 6.45) is 9.49. The second-order valence-electron chi connectivity index (χ2n) is 13.6. The molecule has 0 radical (unpaired) electrons. The summed E-state index contributed by atoms with van der Waals surface area (Å²) in [5.41, 5.74) is 3.08. The standard InChI is InChI=1S/C36H49Cl2N5O4/c37-30-7-6-8-31(34(30)38)41-22-20-39(21-23-41)15-4-5-24-45-29-11-9-27-10-12-33(44)43(32(27)25-29)26-46-36-35(47-36)42-18-13-28(14-19-42)40-16-2-1-3-17-40/h6-9,11,25,28,35-36H,1-5,10,12-24,26H2. The molecular formula is C36H49Cl2N5O4. The van der Waals surface area contributed by atoms with Gasteiger partial charge in [-0.05, 0) is 88.3 Å². The predicted octanol–water partition coefficient (Wildman–Crippen LogP) is 5.86. The lowest BCUT2D eigenvalue weighted by Crippen LogP contribution is -2.47. The number of unbranched alkanes of at least 4 members (excludes halogenated alkanes) is 1. The Hall–Kier alpha value is -2.11. The van der Waals surface area contributed by atoms with Gasteiger partial charge in [0, 0.05) is 57.8 Å². The number of aryl methyl sites for hydroxylation is 1. The van der Waals surface area contributed by atoms with Crippen LogP contribution in [-0.2, 0) is 20.7 Å². The van der Waals surface area contributed by atoms with Crippen LogP contribution in [0.1, 0.15) is 56.9 Å². The van der Waals surface area contributed by atoms with E-state index in [1.54, 1.807) is 4.90 Å². The number of benzene rings is 2. The van der Waals surface area contributed by atoms with Crippen molar-refractivity contribution in [1.82, 2.24) is 14.7 Å². The SMILES string of the molecule is O=C1CCc2ccc(OCCCCN3CCN(c4cccc(Cl)c4Cl)CC3)cc2N1COC1OC1N1CCC(N2CCCCC2)CC1.